The third-order valence-electron chi connectivity index (χ3n) is 4.02. The van der Waals surface area contributed by atoms with Gasteiger partial charge in [-0.25, -0.2) is 0 Å². The van der Waals surface area contributed by atoms with Gasteiger partial charge in [0, 0.05) is 13.6 Å². The van der Waals surface area contributed by atoms with Gasteiger partial charge in [-0.2, -0.15) is 0 Å². The molecule has 0 heterocycles. The quantitative estimate of drug-likeness (QED) is 0.932. The van der Waals surface area contributed by atoms with Crippen molar-refractivity contribution in [3.05, 3.63) is 35.4 Å². The van der Waals surface area contributed by atoms with Crippen LogP contribution in [0.4, 0.5) is 0 Å². The first-order valence-electron chi connectivity index (χ1n) is 7.11. The Morgan fingerprint density at radius 1 is 1.30 bits per heavy atom. The first-order chi connectivity index (χ1) is 9.01. The molecule has 0 bridgehead atoms. The Kier molecular flexibility index (Phi) is 6.03. The largest absolute Gasteiger partial charge is 0.340 e. The third-order valence-corrected chi connectivity index (χ3v) is 4.02. The molecule has 1 fully saturated rings. The standard InChI is InChI=1S/C16H24N2O.ClH/c1-13-7-6-8-14(11-13)12-18(2)15(19)16(17)9-4-3-5-10-16;/h6-8,11H,3-5,9-10,12,17H2,1-2H3;1H. The molecule has 2 N–H and O–H groups in total. The highest BCUT2D eigenvalue weighted by Gasteiger charge is 2.37. The van der Waals surface area contributed by atoms with Gasteiger partial charge in [-0.3, -0.25) is 4.79 Å². The highest BCUT2D eigenvalue weighted by molar-refractivity contribution is 5.86. The normalized spacial score (nSPS) is 17.1. The molecule has 0 saturated heterocycles. The van der Waals surface area contributed by atoms with Crippen molar-refractivity contribution in [1.82, 2.24) is 4.90 Å². The van der Waals surface area contributed by atoms with Gasteiger partial charge < -0.3 is 10.6 Å². The SMILES string of the molecule is Cc1cccc(CN(C)C(=O)C2(N)CCCCC2)c1.Cl. The molecular weight excluding hydrogens is 272 g/mol. The third kappa shape index (κ3) is 3.97. The molecule has 1 saturated carbocycles. The molecule has 20 heavy (non-hydrogen) atoms. The van der Waals surface area contributed by atoms with Crippen molar-refractivity contribution in [3.8, 4) is 0 Å². The summed E-state index contributed by atoms with van der Waals surface area (Å²) in [4.78, 5) is 14.3. The van der Waals surface area contributed by atoms with Crippen LogP contribution in [-0.4, -0.2) is 23.4 Å². The monoisotopic (exact) mass is 296 g/mol. The van der Waals surface area contributed by atoms with E-state index in [9.17, 15) is 4.79 Å². The second-order valence-electron chi connectivity index (χ2n) is 5.87. The Hall–Kier alpha value is -1.06. The van der Waals surface area contributed by atoms with Crippen LogP contribution in [0.2, 0.25) is 0 Å². The number of amides is 1. The summed E-state index contributed by atoms with van der Waals surface area (Å²) in [7, 11) is 1.86. The zero-order valence-corrected chi connectivity index (χ0v) is 13.2. The molecule has 0 aromatic heterocycles. The van der Waals surface area contributed by atoms with Crippen molar-refractivity contribution in [2.24, 2.45) is 5.73 Å². The van der Waals surface area contributed by atoms with Crippen molar-refractivity contribution in [2.45, 2.75) is 51.1 Å². The number of likely N-dealkylation sites (N-methyl/N-ethyl adjacent to an activating group) is 1. The lowest BCUT2D eigenvalue weighted by atomic mass is 9.81. The van der Waals surface area contributed by atoms with E-state index in [-0.39, 0.29) is 18.3 Å². The van der Waals surface area contributed by atoms with Crippen molar-refractivity contribution in [3.63, 3.8) is 0 Å². The number of hydrogen-bond acceptors (Lipinski definition) is 2. The molecule has 1 aromatic carbocycles. The van der Waals surface area contributed by atoms with E-state index >= 15 is 0 Å². The molecule has 1 amide bonds. The molecular formula is C16H25ClN2O. The number of aryl methyl sites for hydroxylation is 1. The van der Waals surface area contributed by atoms with E-state index in [1.165, 1.54) is 12.0 Å². The Morgan fingerprint density at radius 2 is 1.95 bits per heavy atom. The molecule has 0 radical (unpaired) electrons. The highest BCUT2D eigenvalue weighted by atomic mass is 35.5. The van der Waals surface area contributed by atoms with Crippen LogP contribution in [0.3, 0.4) is 0 Å². The van der Waals surface area contributed by atoms with Crippen LogP contribution >= 0.6 is 12.4 Å². The van der Waals surface area contributed by atoms with Crippen LogP contribution in [0.15, 0.2) is 24.3 Å². The summed E-state index contributed by atoms with van der Waals surface area (Å²) in [6.07, 6.45) is 4.99. The minimum Gasteiger partial charge on any atom is -0.340 e. The minimum atomic E-state index is -0.628. The summed E-state index contributed by atoms with van der Waals surface area (Å²) in [6.45, 7) is 2.70. The smallest absolute Gasteiger partial charge is 0.242 e. The van der Waals surface area contributed by atoms with E-state index in [0.29, 0.717) is 6.54 Å². The van der Waals surface area contributed by atoms with Gasteiger partial charge >= 0.3 is 0 Å². The zero-order chi connectivity index (χ0) is 13.9. The lowest BCUT2D eigenvalue weighted by molar-refractivity contribution is -0.137. The second kappa shape index (κ2) is 7.09. The Bertz CT molecular complexity index is 456. The van der Waals surface area contributed by atoms with Crippen molar-refractivity contribution >= 4 is 18.3 Å². The van der Waals surface area contributed by atoms with E-state index in [4.69, 9.17) is 5.73 Å². The van der Waals surface area contributed by atoms with Gasteiger partial charge in [0.05, 0.1) is 5.54 Å². The Labute approximate surface area is 127 Å². The van der Waals surface area contributed by atoms with Crippen LogP contribution in [0.5, 0.6) is 0 Å². The molecule has 1 aromatic rings. The van der Waals surface area contributed by atoms with Crippen molar-refractivity contribution in [2.75, 3.05) is 7.05 Å². The predicted molar refractivity (Wildman–Crippen MR) is 84.9 cm³/mol. The number of carbonyl (C=O) groups is 1. The lowest BCUT2D eigenvalue weighted by Crippen LogP contribution is -2.55. The first-order valence-corrected chi connectivity index (χ1v) is 7.11. The average molecular weight is 297 g/mol. The van der Waals surface area contributed by atoms with Gasteiger partial charge in [0.25, 0.3) is 0 Å². The molecule has 0 unspecified atom stereocenters. The lowest BCUT2D eigenvalue weighted by Gasteiger charge is -2.35. The van der Waals surface area contributed by atoms with E-state index < -0.39 is 5.54 Å². The van der Waals surface area contributed by atoms with Crippen LogP contribution < -0.4 is 5.73 Å². The number of hydrogen-bond donors (Lipinski definition) is 1. The van der Waals surface area contributed by atoms with E-state index in [1.54, 1.807) is 4.90 Å². The molecule has 112 valence electrons. The molecule has 0 atom stereocenters. The summed E-state index contributed by atoms with van der Waals surface area (Å²) in [5.74, 6) is 0.0914. The molecule has 2 rings (SSSR count). The van der Waals surface area contributed by atoms with E-state index in [0.717, 1.165) is 31.2 Å². The summed E-state index contributed by atoms with van der Waals surface area (Å²) >= 11 is 0. The molecule has 3 nitrogen and oxygen atoms in total. The van der Waals surface area contributed by atoms with Crippen LogP contribution in [0.25, 0.3) is 0 Å². The molecule has 0 spiro atoms. The van der Waals surface area contributed by atoms with Gasteiger partial charge in [0.15, 0.2) is 0 Å². The van der Waals surface area contributed by atoms with Gasteiger partial charge in [0.2, 0.25) is 5.91 Å². The average Bonchev–Trinajstić information content (AvgIpc) is 2.38. The zero-order valence-electron chi connectivity index (χ0n) is 12.4. The molecule has 1 aliphatic rings. The molecule has 1 aliphatic carbocycles. The van der Waals surface area contributed by atoms with Gasteiger partial charge in [0.1, 0.15) is 0 Å². The van der Waals surface area contributed by atoms with Crippen molar-refractivity contribution < 1.29 is 4.79 Å². The maximum atomic E-state index is 12.5. The maximum Gasteiger partial charge on any atom is 0.242 e. The second-order valence-corrected chi connectivity index (χ2v) is 5.87. The van der Waals surface area contributed by atoms with Crippen molar-refractivity contribution in [1.29, 1.82) is 0 Å². The number of nitrogens with zero attached hydrogens (tertiary/aromatic N) is 1. The number of carbonyl (C=O) groups excluding carboxylic acids is 1. The maximum absolute atomic E-state index is 12.5. The first kappa shape index (κ1) is 17.0. The van der Waals surface area contributed by atoms with E-state index in [1.807, 2.05) is 13.1 Å². The van der Waals surface area contributed by atoms with Crippen LogP contribution in [-0.2, 0) is 11.3 Å². The number of nitrogens with two attached hydrogens (primary N) is 1. The summed E-state index contributed by atoms with van der Waals surface area (Å²) in [5.41, 5.74) is 8.05. The topological polar surface area (TPSA) is 46.3 Å². The Balaban J connectivity index is 0.00000200. The van der Waals surface area contributed by atoms with E-state index in [2.05, 4.69) is 25.1 Å². The fourth-order valence-corrected chi connectivity index (χ4v) is 2.93. The number of rotatable bonds is 3. The predicted octanol–water partition coefficient (Wildman–Crippen LogP) is 3.04. The molecule has 4 heteroatoms. The van der Waals surface area contributed by atoms with Crippen LogP contribution in [0, 0.1) is 6.92 Å². The van der Waals surface area contributed by atoms with Crippen LogP contribution in [0.1, 0.15) is 43.2 Å². The summed E-state index contributed by atoms with van der Waals surface area (Å²) in [5, 5.41) is 0. The fourth-order valence-electron chi connectivity index (χ4n) is 2.93. The van der Waals surface area contributed by atoms with Gasteiger partial charge in [-0.05, 0) is 25.3 Å². The minimum absolute atomic E-state index is 0. The van der Waals surface area contributed by atoms with Gasteiger partial charge in [-0.15, -0.1) is 12.4 Å². The number of halogens is 1. The highest BCUT2D eigenvalue weighted by Crippen LogP contribution is 2.27. The summed E-state index contributed by atoms with van der Waals surface area (Å²) in [6, 6.07) is 8.27. The summed E-state index contributed by atoms with van der Waals surface area (Å²) < 4.78 is 0. The number of benzene rings is 1. The van der Waals surface area contributed by atoms with Gasteiger partial charge in [-0.1, -0.05) is 49.1 Å². The molecule has 0 aliphatic heterocycles. The fraction of sp³-hybridized carbons (Fsp3) is 0.562. The Morgan fingerprint density at radius 3 is 2.55 bits per heavy atom.